The summed E-state index contributed by atoms with van der Waals surface area (Å²) in [5.41, 5.74) is 0.875. The maximum Gasteiger partial charge on any atom is 0.293 e. The highest BCUT2D eigenvalue weighted by Crippen LogP contribution is 2.19. The van der Waals surface area contributed by atoms with Crippen molar-refractivity contribution in [1.82, 2.24) is 0 Å². The van der Waals surface area contributed by atoms with Gasteiger partial charge in [0.25, 0.3) is 6.47 Å². The van der Waals surface area contributed by atoms with Gasteiger partial charge in [0, 0.05) is 0 Å². The number of carbonyl (C=O) groups excluding carboxylic acids is 1. The maximum absolute atomic E-state index is 10.3. The SMILES string of the molecule is C=CC(C)(CC/C=C(\C)CCC)OC=O. The predicted molar refractivity (Wildman–Crippen MR) is 63.7 cm³/mol. The largest absolute Gasteiger partial charge is 0.457 e. The van der Waals surface area contributed by atoms with Crippen molar-refractivity contribution in [2.24, 2.45) is 0 Å². The van der Waals surface area contributed by atoms with Gasteiger partial charge in [-0.05, 0) is 39.2 Å². The summed E-state index contributed by atoms with van der Waals surface area (Å²) >= 11 is 0. The molecule has 0 saturated carbocycles. The Kier molecular flexibility index (Phi) is 6.76. The first-order valence-corrected chi connectivity index (χ1v) is 5.48. The highest BCUT2D eigenvalue weighted by Gasteiger charge is 2.19. The summed E-state index contributed by atoms with van der Waals surface area (Å²) in [7, 11) is 0. The number of allylic oxidation sites excluding steroid dienone is 2. The summed E-state index contributed by atoms with van der Waals surface area (Å²) in [4.78, 5) is 10.3. The van der Waals surface area contributed by atoms with E-state index in [4.69, 9.17) is 4.74 Å². The van der Waals surface area contributed by atoms with E-state index < -0.39 is 5.60 Å². The third-order valence-corrected chi connectivity index (χ3v) is 2.53. The second kappa shape index (κ2) is 7.27. The van der Waals surface area contributed by atoms with Crippen LogP contribution in [0.2, 0.25) is 0 Å². The van der Waals surface area contributed by atoms with E-state index in [0.29, 0.717) is 6.47 Å². The number of hydrogen-bond acceptors (Lipinski definition) is 2. The van der Waals surface area contributed by atoms with Gasteiger partial charge in [-0.15, -0.1) is 0 Å². The van der Waals surface area contributed by atoms with E-state index in [2.05, 4.69) is 26.5 Å². The van der Waals surface area contributed by atoms with Gasteiger partial charge in [-0.1, -0.05) is 31.6 Å². The minimum atomic E-state index is -0.523. The minimum Gasteiger partial charge on any atom is -0.457 e. The molecule has 0 rings (SSSR count). The van der Waals surface area contributed by atoms with Crippen molar-refractivity contribution in [3.05, 3.63) is 24.3 Å². The zero-order valence-electron chi connectivity index (χ0n) is 10.1. The lowest BCUT2D eigenvalue weighted by Crippen LogP contribution is -2.24. The molecule has 0 aromatic heterocycles. The second-order valence-corrected chi connectivity index (χ2v) is 4.07. The molecule has 0 aliphatic rings. The van der Waals surface area contributed by atoms with Crippen LogP contribution in [0.5, 0.6) is 0 Å². The van der Waals surface area contributed by atoms with Crippen LogP contribution in [0.15, 0.2) is 24.3 Å². The molecule has 0 spiro atoms. The molecule has 15 heavy (non-hydrogen) atoms. The molecule has 0 radical (unpaired) electrons. The predicted octanol–water partition coefficient (Wildman–Crippen LogP) is 3.63. The molecule has 1 atom stereocenters. The van der Waals surface area contributed by atoms with Crippen LogP contribution in [0.4, 0.5) is 0 Å². The molecule has 0 amide bonds. The lowest BCUT2D eigenvalue weighted by molar-refractivity contribution is -0.138. The van der Waals surface area contributed by atoms with E-state index in [1.165, 1.54) is 12.0 Å². The van der Waals surface area contributed by atoms with Gasteiger partial charge in [-0.2, -0.15) is 0 Å². The van der Waals surface area contributed by atoms with Gasteiger partial charge < -0.3 is 4.74 Å². The normalized spacial score (nSPS) is 15.5. The molecule has 0 aromatic carbocycles. The first-order chi connectivity index (χ1) is 7.08. The molecule has 0 heterocycles. The van der Waals surface area contributed by atoms with Crippen LogP contribution in [-0.4, -0.2) is 12.1 Å². The molecule has 0 fully saturated rings. The summed E-state index contributed by atoms with van der Waals surface area (Å²) in [6.45, 7) is 10.3. The Morgan fingerprint density at radius 1 is 1.53 bits per heavy atom. The molecule has 0 N–H and O–H groups in total. The zero-order valence-corrected chi connectivity index (χ0v) is 10.1. The topological polar surface area (TPSA) is 26.3 Å². The highest BCUT2D eigenvalue weighted by molar-refractivity contribution is 5.39. The summed E-state index contributed by atoms with van der Waals surface area (Å²) in [6, 6.07) is 0. The number of ether oxygens (including phenoxy) is 1. The van der Waals surface area contributed by atoms with Gasteiger partial charge in [0.2, 0.25) is 0 Å². The van der Waals surface area contributed by atoms with Gasteiger partial charge >= 0.3 is 0 Å². The molecular formula is C13H22O2. The average Bonchev–Trinajstić information content (AvgIpc) is 2.18. The summed E-state index contributed by atoms with van der Waals surface area (Å²) < 4.78 is 4.99. The molecule has 0 aliphatic heterocycles. The Hall–Kier alpha value is -1.05. The second-order valence-electron chi connectivity index (χ2n) is 4.07. The van der Waals surface area contributed by atoms with Crippen molar-refractivity contribution < 1.29 is 9.53 Å². The molecular weight excluding hydrogens is 188 g/mol. The van der Waals surface area contributed by atoms with Crippen LogP contribution in [-0.2, 0) is 9.53 Å². The van der Waals surface area contributed by atoms with E-state index in [1.807, 2.05) is 6.92 Å². The van der Waals surface area contributed by atoms with Crippen molar-refractivity contribution in [2.75, 3.05) is 0 Å². The Labute approximate surface area is 93.0 Å². The van der Waals surface area contributed by atoms with Crippen LogP contribution < -0.4 is 0 Å². The van der Waals surface area contributed by atoms with Crippen LogP contribution >= 0.6 is 0 Å². The Bertz CT molecular complexity index is 231. The zero-order chi connectivity index (χ0) is 11.7. The highest BCUT2D eigenvalue weighted by atomic mass is 16.5. The fraction of sp³-hybridized carbons (Fsp3) is 0.615. The van der Waals surface area contributed by atoms with E-state index >= 15 is 0 Å². The summed E-state index contributed by atoms with van der Waals surface area (Å²) in [6.07, 6.45) is 7.91. The molecule has 2 heteroatoms. The van der Waals surface area contributed by atoms with E-state index in [1.54, 1.807) is 6.08 Å². The van der Waals surface area contributed by atoms with Crippen molar-refractivity contribution in [3.63, 3.8) is 0 Å². The van der Waals surface area contributed by atoms with Crippen molar-refractivity contribution in [1.29, 1.82) is 0 Å². The monoisotopic (exact) mass is 210 g/mol. The summed E-state index contributed by atoms with van der Waals surface area (Å²) in [5, 5.41) is 0. The van der Waals surface area contributed by atoms with Crippen LogP contribution in [0.25, 0.3) is 0 Å². The van der Waals surface area contributed by atoms with Crippen LogP contribution in [0.1, 0.15) is 46.5 Å². The first kappa shape index (κ1) is 13.9. The lowest BCUT2D eigenvalue weighted by Gasteiger charge is -2.22. The number of rotatable bonds is 8. The molecule has 0 aliphatic carbocycles. The molecule has 0 aromatic rings. The molecule has 1 unspecified atom stereocenters. The third-order valence-electron chi connectivity index (χ3n) is 2.53. The maximum atomic E-state index is 10.3. The molecule has 0 bridgehead atoms. The lowest BCUT2D eigenvalue weighted by atomic mass is 9.99. The van der Waals surface area contributed by atoms with Gasteiger partial charge in [0.05, 0.1) is 0 Å². The standard InChI is InChI=1S/C13H22O2/c1-5-8-12(3)9-7-10-13(4,6-2)15-11-14/h6,9,11H,2,5,7-8,10H2,1,3-4H3/b12-9+. The van der Waals surface area contributed by atoms with Gasteiger partial charge in [0.15, 0.2) is 0 Å². The van der Waals surface area contributed by atoms with Gasteiger partial charge in [0.1, 0.15) is 5.60 Å². The fourth-order valence-electron chi connectivity index (χ4n) is 1.42. The van der Waals surface area contributed by atoms with E-state index in [-0.39, 0.29) is 0 Å². The van der Waals surface area contributed by atoms with Crippen molar-refractivity contribution in [3.8, 4) is 0 Å². The van der Waals surface area contributed by atoms with Crippen molar-refractivity contribution >= 4 is 6.47 Å². The van der Waals surface area contributed by atoms with E-state index in [9.17, 15) is 4.79 Å². The van der Waals surface area contributed by atoms with Gasteiger partial charge in [-0.25, -0.2) is 0 Å². The number of hydrogen-bond donors (Lipinski definition) is 0. The quantitative estimate of drug-likeness (QED) is 0.451. The smallest absolute Gasteiger partial charge is 0.293 e. The first-order valence-electron chi connectivity index (χ1n) is 5.48. The minimum absolute atomic E-state index is 0.490. The molecule has 2 nitrogen and oxygen atoms in total. The van der Waals surface area contributed by atoms with Crippen LogP contribution in [0, 0.1) is 0 Å². The third kappa shape index (κ3) is 6.10. The Balaban J connectivity index is 4.06. The Morgan fingerprint density at radius 3 is 2.67 bits per heavy atom. The average molecular weight is 210 g/mol. The Morgan fingerprint density at radius 2 is 2.20 bits per heavy atom. The molecule has 0 saturated heterocycles. The van der Waals surface area contributed by atoms with Crippen molar-refractivity contribution in [2.45, 2.75) is 52.1 Å². The summed E-state index contributed by atoms with van der Waals surface area (Å²) in [5.74, 6) is 0. The van der Waals surface area contributed by atoms with Crippen LogP contribution in [0.3, 0.4) is 0 Å². The van der Waals surface area contributed by atoms with Gasteiger partial charge in [-0.3, -0.25) is 4.79 Å². The van der Waals surface area contributed by atoms with E-state index in [0.717, 1.165) is 19.3 Å². The molecule has 86 valence electrons. The number of carbonyl (C=O) groups is 1. The fourth-order valence-corrected chi connectivity index (χ4v) is 1.42.